The van der Waals surface area contributed by atoms with Crippen LogP contribution < -0.4 is 10.1 Å². The van der Waals surface area contributed by atoms with Crippen molar-refractivity contribution in [3.8, 4) is 5.75 Å². The number of aromatic nitrogens is 1. The predicted octanol–water partition coefficient (Wildman–Crippen LogP) is 4.66. The number of nitrogens with one attached hydrogen (secondary N) is 2. The van der Waals surface area contributed by atoms with E-state index in [2.05, 4.69) is 26.7 Å². The van der Waals surface area contributed by atoms with Gasteiger partial charge in [-0.25, -0.2) is 8.42 Å². The average Bonchev–Trinajstić information content (AvgIpc) is 3.16. The second-order valence-corrected chi connectivity index (χ2v) is 9.02. The minimum atomic E-state index is -5.04. The number of hydrogen-bond acceptors (Lipinski definition) is 5. The Kier molecular flexibility index (Phi) is 7.26. The van der Waals surface area contributed by atoms with Crippen molar-refractivity contribution < 1.29 is 31.1 Å². The molecule has 11 heteroatoms. The molecule has 178 valence electrons. The van der Waals surface area contributed by atoms with Gasteiger partial charge in [-0.3, -0.25) is 9.79 Å². The van der Waals surface area contributed by atoms with Crippen LogP contribution in [0.2, 0.25) is 0 Å². The van der Waals surface area contributed by atoms with Crippen LogP contribution in [0.3, 0.4) is 0 Å². The van der Waals surface area contributed by atoms with Gasteiger partial charge in [0.1, 0.15) is 16.3 Å². The summed E-state index contributed by atoms with van der Waals surface area (Å²) in [5.74, 6) is -1.19. The molecule has 0 aliphatic heterocycles. The predicted molar refractivity (Wildman–Crippen MR) is 120 cm³/mol. The summed E-state index contributed by atoms with van der Waals surface area (Å²) in [7, 11) is -4.28. The number of para-hydroxylation sites is 1. The molecule has 0 unspecified atom stereocenters. The lowest BCUT2D eigenvalue weighted by molar-refractivity contribution is -0.275. The molecular weight excluding hydrogens is 471 g/mol. The fraction of sp³-hybridized carbons (Fsp3) is 0.130. The average molecular weight is 491 g/mol. The number of aliphatic imine (C=N–C) groups is 1. The molecule has 1 amide bonds. The van der Waals surface area contributed by atoms with Crippen molar-refractivity contribution in [1.82, 2.24) is 10.3 Å². The lowest BCUT2D eigenvalue weighted by atomic mass is 10.2. The van der Waals surface area contributed by atoms with E-state index in [9.17, 15) is 26.4 Å². The molecule has 1 aromatic heterocycles. The molecule has 3 aromatic rings. The summed E-state index contributed by atoms with van der Waals surface area (Å²) in [5.41, 5.74) is 2.48. The molecule has 0 radical (unpaired) electrons. The van der Waals surface area contributed by atoms with Crippen molar-refractivity contribution in [2.24, 2.45) is 4.99 Å². The first-order valence-corrected chi connectivity index (χ1v) is 11.3. The van der Waals surface area contributed by atoms with Gasteiger partial charge in [0.05, 0.1) is 4.90 Å². The van der Waals surface area contributed by atoms with E-state index in [4.69, 9.17) is 0 Å². The number of ether oxygens (including phenoxy) is 1. The SMILES string of the molecule is C=N/C=C\c1[nH]c(C(=O)NCc2ccc(S(=O)(=O)c3ccccc3OC(F)(F)F)cc2)cc1C. The highest BCUT2D eigenvalue weighted by atomic mass is 32.2. The molecule has 2 N–H and O–H groups in total. The number of alkyl halides is 3. The van der Waals surface area contributed by atoms with Crippen LogP contribution in [0.1, 0.15) is 27.3 Å². The third-order valence-electron chi connectivity index (χ3n) is 4.70. The maximum Gasteiger partial charge on any atom is 0.573 e. The van der Waals surface area contributed by atoms with Crippen LogP contribution in [0.5, 0.6) is 5.75 Å². The van der Waals surface area contributed by atoms with E-state index < -0.39 is 26.8 Å². The standard InChI is InChI=1S/C23H20F3N3O4S/c1-15-13-19(29-18(15)11-12-27-2)22(30)28-14-16-7-9-17(10-8-16)34(31,32)21-6-4-3-5-20(21)33-23(24,25)26/h3-13,29H,2,14H2,1H3,(H,28,30)/b12-11-. The Hall–Kier alpha value is -3.86. The molecule has 0 spiro atoms. The summed E-state index contributed by atoms with van der Waals surface area (Å²) < 4.78 is 67.6. The molecular formula is C23H20F3N3O4S. The highest BCUT2D eigenvalue weighted by molar-refractivity contribution is 7.91. The number of rotatable bonds is 8. The number of hydrogen-bond donors (Lipinski definition) is 2. The molecule has 0 saturated carbocycles. The minimum Gasteiger partial charge on any atom is -0.404 e. The van der Waals surface area contributed by atoms with Crippen molar-refractivity contribution in [2.45, 2.75) is 29.6 Å². The third-order valence-corrected chi connectivity index (χ3v) is 6.51. The molecule has 3 rings (SSSR count). The van der Waals surface area contributed by atoms with E-state index in [0.717, 1.165) is 17.7 Å². The number of aromatic amines is 1. The van der Waals surface area contributed by atoms with Gasteiger partial charge in [-0.05, 0) is 61.2 Å². The lowest BCUT2D eigenvalue weighted by Gasteiger charge is -2.13. The number of amides is 1. The van der Waals surface area contributed by atoms with Gasteiger partial charge in [-0.2, -0.15) is 0 Å². The number of aryl methyl sites for hydroxylation is 1. The number of carbonyl (C=O) groups is 1. The van der Waals surface area contributed by atoms with Gasteiger partial charge in [0.15, 0.2) is 0 Å². The lowest BCUT2D eigenvalue weighted by Crippen LogP contribution is -2.23. The van der Waals surface area contributed by atoms with Crippen LogP contribution in [-0.4, -0.2) is 32.4 Å². The number of H-pyrrole nitrogens is 1. The van der Waals surface area contributed by atoms with E-state index >= 15 is 0 Å². The molecule has 0 aliphatic carbocycles. The van der Waals surface area contributed by atoms with Crippen molar-refractivity contribution in [2.75, 3.05) is 0 Å². The van der Waals surface area contributed by atoms with Crippen LogP contribution in [0, 0.1) is 6.92 Å². The first-order valence-electron chi connectivity index (χ1n) is 9.80. The zero-order chi connectivity index (χ0) is 24.9. The molecule has 2 aromatic carbocycles. The van der Waals surface area contributed by atoms with Gasteiger partial charge in [0, 0.05) is 18.4 Å². The Morgan fingerprint density at radius 3 is 2.50 bits per heavy atom. The molecule has 0 saturated heterocycles. The summed E-state index contributed by atoms with van der Waals surface area (Å²) in [4.78, 5) is 18.2. The Morgan fingerprint density at radius 2 is 1.85 bits per heavy atom. The zero-order valence-corrected chi connectivity index (χ0v) is 18.7. The molecule has 0 atom stereocenters. The van der Waals surface area contributed by atoms with Gasteiger partial charge < -0.3 is 15.0 Å². The van der Waals surface area contributed by atoms with E-state index in [0.29, 0.717) is 17.0 Å². The molecule has 0 aliphatic rings. The zero-order valence-electron chi connectivity index (χ0n) is 17.9. The second-order valence-electron chi connectivity index (χ2n) is 7.10. The van der Waals surface area contributed by atoms with Gasteiger partial charge >= 0.3 is 6.36 Å². The summed E-state index contributed by atoms with van der Waals surface area (Å²) in [6, 6.07) is 11.6. The van der Waals surface area contributed by atoms with E-state index in [-0.39, 0.29) is 17.3 Å². The van der Waals surface area contributed by atoms with Crippen LogP contribution in [0.4, 0.5) is 13.2 Å². The summed E-state index contributed by atoms with van der Waals surface area (Å²) in [6.07, 6.45) is -1.87. The highest BCUT2D eigenvalue weighted by Crippen LogP contribution is 2.33. The largest absolute Gasteiger partial charge is 0.573 e. The van der Waals surface area contributed by atoms with Crippen LogP contribution in [0.25, 0.3) is 6.08 Å². The maximum atomic E-state index is 12.9. The van der Waals surface area contributed by atoms with Crippen molar-refractivity contribution in [1.29, 1.82) is 0 Å². The topological polar surface area (TPSA) is 101 Å². The van der Waals surface area contributed by atoms with E-state index in [1.165, 1.54) is 42.6 Å². The summed E-state index contributed by atoms with van der Waals surface area (Å²) in [5, 5.41) is 2.71. The van der Waals surface area contributed by atoms with Crippen LogP contribution in [-0.2, 0) is 16.4 Å². The molecule has 34 heavy (non-hydrogen) atoms. The first kappa shape index (κ1) is 24.8. The molecule has 7 nitrogen and oxygen atoms in total. The van der Waals surface area contributed by atoms with E-state index in [1.54, 1.807) is 12.1 Å². The highest BCUT2D eigenvalue weighted by Gasteiger charge is 2.34. The number of carbonyl (C=O) groups excluding carboxylic acids is 1. The summed E-state index contributed by atoms with van der Waals surface area (Å²) >= 11 is 0. The fourth-order valence-electron chi connectivity index (χ4n) is 3.07. The monoisotopic (exact) mass is 491 g/mol. The molecule has 0 bridgehead atoms. The Balaban J connectivity index is 1.73. The number of nitrogens with zero attached hydrogens (tertiary/aromatic N) is 1. The Labute approximate surface area is 193 Å². The van der Waals surface area contributed by atoms with Crippen molar-refractivity contribution >= 4 is 28.5 Å². The summed E-state index contributed by atoms with van der Waals surface area (Å²) in [6.45, 7) is 5.28. The van der Waals surface area contributed by atoms with Crippen LogP contribution >= 0.6 is 0 Å². The Bertz CT molecular complexity index is 1330. The number of halogens is 3. The Morgan fingerprint density at radius 1 is 1.18 bits per heavy atom. The van der Waals surface area contributed by atoms with Crippen LogP contribution in [0.15, 0.2) is 75.6 Å². The third kappa shape index (κ3) is 5.93. The quantitative estimate of drug-likeness (QED) is 0.448. The second kappa shape index (κ2) is 9.96. The van der Waals surface area contributed by atoms with Gasteiger partial charge in [-0.15, -0.1) is 13.2 Å². The smallest absolute Gasteiger partial charge is 0.404 e. The van der Waals surface area contributed by atoms with Gasteiger partial charge in [0.25, 0.3) is 5.91 Å². The number of sulfone groups is 1. The van der Waals surface area contributed by atoms with Crippen molar-refractivity contribution in [3.63, 3.8) is 0 Å². The molecule has 0 fully saturated rings. The fourth-order valence-corrected chi connectivity index (χ4v) is 4.45. The first-order chi connectivity index (χ1) is 16.0. The minimum absolute atomic E-state index is 0.102. The molecule has 1 heterocycles. The number of benzene rings is 2. The normalized spacial score (nSPS) is 12.0. The van der Waals surface area contributed by atoms with Gasteiger partial charge in [0.2, 0.25) is 9.84 Å². The van der Waals surface area contributed by atoms with Gasteiger partial charge in [-0.1, -0.05) is 24.3 Å². The van der Waals surface area contributed by atoms with E-state index in [1.807, 2.05) is 6.92 Å². The maximum absolute atomic E-state index is 12.9. The van der Waals surface area contributed by atoms with Crippen molar-refractivity contribution in [3.05, 3.63) is 83.3 Å².